The highest BCUT2D eigenvalue weighted by Gasteiger charge is 2.31. The summed E-state index contributed by atoms with van der Waals surface area (Å²) in [7, 11) is -3.12. The highest BCUT2D eigenvalue weighted by molar-refractivity contribution is 9.10. The predicted octanol–water partition coefficient (Wildman–Crippen LogP) is 1.07. The van der Waals surface area contributed by atoms with Crippen molar-refractivity contribution < 1.29 is 8.42 Å². The van der Waals surface area contributed by atoms with E-state index in [1.807, 2.05) is 0 Å². The van der Waals surface area contributed by atoms with Crippen molar-refractivity contribution in [1.82, 2.24) is 14.3 Å². The van der Waals surface area contributed by atoms with Gasteiger partial charge in [-0.05, 0) is 28.8 Å². The van der Waals surface area contributed by atoms with E-state index in [0.29, 0.717) is 19.0 Å². The minimum atomic E-state index is -3.12. The number of nitrogens with zero attached hydrogens (tertiary/aromatic N) is 3. The summed E-state index contributed by atoms with van der Waals surface area (Å²) in [6, 6.07) is -0.00718. The van der Waals surface area contributed by atoms with Crippen LogP contribution in [0.15, 0.2) is 16.9 Å². The molecule has 1 atom stereocenters. The maximum Gasteiger partial charge on any atom is 0.222 e. The van der Waals surface area contributed by atoms with Gasteiger partial charge in [0.25, 0.3) is 0 Å². The first-order valence-electron chi connectivity index (χ1n) is 5.65. The Kier molecular flexibility index (Phi) is 4.18. The van der Waals surface area contributed by atoms with Crippen molar-refractivity contribution in [2.24, 2.45) is 0 Å². The molecule has 0 radical (unpaired) electrons. The molecule has 0 spiro atoms. The van der Waals surface area contributed by atoms with Crippen molar-refractivity contribution in [3.8, 4) is 0 Å². The van der Waals surface area contributed by atoms with Gasteiger partial charge in [-0.3, -0.25) is 0 Å². The molecule has 1 N–H and O–H groups in total. The number of hydrogen-bond acceptors (Lipinski definition) is 5. The molecule has 1 saturated heterocycles. The van der Waals surface area contributed by atoms with E-state index < -0.39 is 10.0 Å². The number of aromatic nitrogens is 2. The van der Waals surface area contributed by atoms with Gasteiger partial charge in [0.2, 0.25) is 16.0 Å². The maximum absolute atomic E-state index is 11.6. The molecule has 1 aromatic rings. The van der Waals surface area contributed by atoms with Crippen LogP contribution < -0.4 is 5.32 Å². The maximum atomic E-state index is 11.6. The van der Waals surface area contributed by atoms with Crippen LogP contribution in [0.3, 0.4) is 0 Å². The van der Waals surface area contributed by atoms with E-state index in [1.165, 1.54) is 6.26 Å². The minimum Gasteiger partial charge on any atom is -0.353 e. The predicted molar refractivity (Wildman–Crippen MR) is 72.8 cm³/mol. The Morgan fingerprint density at radius 3 is 2.78 bits per heavy atom. The van der Waals surface area contributed by atoms with E-state index in [1.54, 1.807) is 16.7 Å². The van der Waals surface area contributed by atoms with Crippen LogP contribution in [0.4, 0.5) is 5.95 Å². The zero-order valence-corrected chi connectivity index (χ0v) is 12.4. The fraction of sp³-hybridized carbons (Fsp3) is 0.600. The quantitative estimate of drug-likeness (QED) is 0.891. The monoisotopic (exact) mass is 334 g/mol. The third kappa shape index (κ3) is 3.39. The van der Waals surface area contributed by atoms with E-state index in [4.69, 9.17) is 0 Å². The van der Waals surface area contributed by atoms with Crippen LogP contribution in [-0.4, -0.2) is 48.1 Å². The fourth-order valence-corrected chi connectivity index (χ4v) is 3.45. The zero-order chi connectivity index (χ0) is 13.2. The number of nitrogens with one attached hydrogen (secondary N) is 1. The van der Waals surface area contributed by atoms with Gasteiger partial charge in [-0.15, -0.1) is 0 Å². The first kappa shape index (κ1) is 13.7. The smallest absolute Gasteiger partial charge is 0.222 e. The van der Waals surface area contributed by atoms with Gasteiger partial charge in [0, 0.05) is 31.5 Å². The van der Waals surface area contributed by atoms with Crippen molar-refractivity contribution >= 4 is 31.9 Å². The molecule has 1 aromatic heterocycles. The Balaban J connectivity index is 1.96. The largest absolute Gasteiger partial charge is 0.353 e. The fourth-order valence-electron chi connectivity index (χ4n) is 2.06. The molecule has 8 heteroatoms. The zero-order valence-electron chi connectivity index (χ0n) is 10.0. The molecule has 100 valence electrons. The van der Waals surface area contributed by atoms with Gasteiger partial charge in [0.1, 0.15) is 0 Å². The van der Waals surface area contributed by atoms with Gasteiger partial charge in [0.05, 0.1) is 10.7 Å². The van der Waals surface area contributed by atoms with Crippen molar-refractivity contribution in [2.45, 2.75) is 18.9 Å². The second-order valence-corrected chi connectivity index (χ2v) is 7.13. The summed E-state index contributed by atoms with van der Waals surface area (Å²) in [5, 5.41) is 3.07. The van der Waals surface area contributed by atoms with Crippen LogP contribution in [-0.2, 0) is 10.0 Å². The number of rotatable bonds is 4. The highest BCUT2D eigenvalue weighted by Crippen LogP contribution is 2.20. The van der Waals surface area contributed by atoms with Crippen molar-refractivity contribution in [3.63, 3.8) is 0 Å². The van der Waals surface area contributed by atoms with Gasteiger partial charge in [-0.1, -0.05) is 0 Å². The molecule has 1 aliphatic rings. The van der Waals surface area contributed by atoms with Gasteiger partial charge in [-0.2, -0.15) is 4.31 Å². The average molecular weight is 335 g/mol. The van der Waals surface area contributed by atoms with Crippen molar-refractivity contribution in [2.75, 3.05) is 24.7 Å². The van der Waals surface area contributed by atoms with E-state index in [0.717, 1.165) is 17.3 Å². The number of halogens is 1. The molecule has 6 nitrogen and oxygen atoms in total. The molecule has 1 fully saturated rings. The van der Waals surface area contributed by atoms with E-state index >= 15 is 0 Å². The Morgan fingerprint density at radius 2 is 2.17 bits per heavy atom. The lowest BCUT2D eigenvalue weighted by atomic mass is 10.2. The van der Waals surface area contributed by atoms with Crippen molar-refractivity contribution in [1.29, 1.82) is 0 Å². The highest BCUT2D eigenvalue weighted by atomic mass is 79.9. The molecule has 0 unspecified atom stereocenters. The van der Waals surface area contributed by atoms with Crippen LogP contribution >= 0.6 is 15.9 Å². The van der Waals surface area contributed by atoms with Crippen LogP contribution in [0, 0.1) is 0 Å². The summed E-state index contributed by atoms with van der Waals surface area (Å²) in [5.74, 6) is 0.513. The molecular formula is C10H15BrN4O2S. The van der Waals surface area contributed by atoms with E-state index in [2.05, 4.69) is 31.2 Å². The summed E-state index contributed by atoms with van der Waals surface area (Å²) in [4.78, 5) is 8.18. The Labute approximate surface area is 115 Å². The third-order valence-electron chi connectivity index (χ3n) is 2.87. The summed E-state index contributed by atoms with van der Waals surface area (Å²) in [6.07, 6.45) is 6.33. The Hall–Kier alpha value is -0.730. The number of sulfonamides is 1. The lowest BCUT2D eigenvalue weighted by molar-refractivity contribution is 0.402. The van der Waals surface area contributed by atoms with Crippen LogP contribution in [0.5, 0.6) is 0 Å². The second kappa shape index (κ2) is 5.50. The average Bonchev–Trinajstić information content (AvgIpc) is 2.76. The first-order valence-corrected chi connectivity index (χ1v) is 8.29. The Bertz CT molecular complexity index is 505. The van der Waals surface area contributed by atoms with E-state index in [-0.39, 0.29) is 6.04 Å². The molecule has 2 rings (SSSR count). The SMILES string of the molecule is CS(=O)(=O)N1CCC[C@@H]1CNc1ncc(Br)cn1. The van der Waals surface area contributed by atoms with Crippen molar-refractivity contribution in [3.05, 3.63) is 16.9 Å². The second-order valence-electron chi connectivity index (χ2n) is 4.28. The summed E-state index contributed by atoms with van der Waals surface area (Å²) < 4.78 is 25.5. The van der Waals surface area contributed by atoms with Crippen LogP contribution in [0.25, 0.3) is 0 Å². The molecule has 0 aromatic carbocycles. The summed E-state index contributed by atoms with van der Waals surface area (Å²) >= 11 is 3.26. The van der Waals surface area contributed by atoms with Gasteiger partial charge in [-0.25, -0.2) is 18.4 Å². The lowest BCUT2D eigenvalue weighted by Crippen LogP contribution is -2.39. The van der Waals surface area contributed by atoms with Crippen LogP contribution in [0.1, 0.15) is 12.8 Å². The standard InChI is InChI=1S/C10H15BrN4O2S/c1-18(16,17)15-4-2-3-9(15)7-14-10-12-5-8(11)6-13-10/h5-6,9H,2-4,7H2,1H3,(H,12,13,14)/t9-/m1/s1. The lowest BCUT2D eigenvalue weighted by Gasteiger charge is -2.22. The Morgan fingerprint density at radius 1 is 1.50 bits per heavy atom. The normalized spacial score (nSPS) is 21.1. The minimum absolute atomic E-state index is 0.00718. The van der Waals surface area contributed by atoms with Gasteiger partial charge in [0.15, 0.2) is 0 Å². The van der Waals surface area contributed by atoms with E-state index in [9.17, 15) is 8.42 Å². The van der Waals surface area contributed by atoms with Gasteiger partial charge >= 0.3 is 0 Å². The molecule has 2 heterocycles. The molecule has 0 bridgehead atoms. The topological polar surface area (TPSA) is 75.2 Å². The number of hydrogen-bond donors (Lipinski definition) is 1. The first-order chi connectivity index (χ1) is 8.47. The van der Waals surface area contributed by atoms with Gasteiger partial charge < -0.3 is 5.32 Å². The molecule has 0 amide bonds. The summed E-state index contributed by atoms with van der Waals surface area (Å²) in [5.41, 5.74) is 0. The summed E-state index contributed by atoms with van der Waals surface area (Å²) in [6.45, 7) is 1.14. The molecule has 1 aliphatic heterocycles. The number of anilines is 1. The molecule has 0 saturated carbocycles. The molecule has 18 heavy (non-hydrogen) atoms. The third-order valence-corrected chi connectivity index (χ3v) is 4.61. The van der Waals surface area contributed by atoms with Crippen LogP contribution in [0.2, 0.25) is 0 Å². The molecule has 0 aliphatic carbocycles. The molecular weight excluding hydrogens is 320 g/mol.